The molecule has 1 aromatic carbocycles. The van der Waals surface area contributed by atoms with Crippen molar-refractivity contribution in [1.82, 2.24) is 34.8 Å². The average molecular weight is 432 g/mol. The van der Waals surface area contributed by atoms with Crippen LogP contribution in [0.3, 0.4) is 0 Å². The molecule has 0 saturated carbocycles. The van der Waals surface area contributed by atoms with Crippen LogP contribution in [0.15, 0.2) is 43.1 Å². The Kier molecular flexibility index (Phi) is 5.65. The molecule has 32 heavy (non-hydrogen) atoms. The smallest absolute Gasteiger partial charge is 0.253 e. The van der Waals surface area contributed by atoms with Crippen molar-refractivity contribution in [2.24, 2.45) is 0 Å². The fourth-order valence-corrected chi connectivity index (χ4v) is 3.85. The number of nitrogens with one attached hydrogen (secondary N) is 4. The van der Waals surface area contributed by atoms with Gasteiger partial charge in [0.2, 0.25) is 5.95 Å². The molecule has 1 saturated heterocycles. The quantitative estimate of drug-likeness (QED) is 0.354. The van der Waals surface area contributed by atoms with Gasteiger partial charge in [-0.05, 0) is 43.5 Å². The Morgan fingerprint density at radius 1 is 1.03 bits per heavy atom. The number of fused-ring (bicyclic) bond motifs is 1. The van der Waals surface area contributed by atoms with E-state index in [4.69, 9.17) is 0 Å². The second-order valence-corrected chi connectivity index (χ2v) is 7.81. The summed E-state index contributed by atoms with van der Waals surface area (Å²) in [6, 6.07) is 7.50. The maximum absolute atomic E-state index is 12.7. The number of amides is 1. The molecule has 1 amide bonds. The molecular formula is C22H25N9O. The van der Waals surface area contributed by atoms with E-state index in [1.165, 1.54) is 6.42 Å². The van der Waals surface area contributed by atoms with Gasteiger partial charge in [0, 0.05) is 49.2 Å². The van der Waals surface area contributed by atoms with Crippen LogP contribution in [-0.2, 0) is 6.42 Å². The molecule has 0 aliphatic carbocycles. The van der Waals surface area contributed by atoms with E-state index < -0.39 is 0 Å². The van der Waals surface area contributed by atoms with Crippen molar-refractivity contribution in [1.29, 1.82) is 0 Å². The van der Waals surface area contributed by atoms with E-state index in [-0.39, 0.29) is 5.91 Å². The van der Waals surface area contributed by atoms with Gasteiger partial charge in [-0.3, -0.25) is 4.79 Å². The maximum atomic E-state index is 12.7. The lowest BCUT2D eigenvalue weighted by molar-refractivity contribution is 0.0724. The lowest BCUT2D eigenvalue weighted by Crippen LogP contribution is -2.35. The molecule has 0 bridgehead atoms. The van der Waals surface area contributed by atoms with Crippen molar-refractivity contribution >= 4 is 34.5 Å². The molecule has 164 valence electrons. The van der Waals surface area contributed by atoms with Crippen molar-refractivity contribution in [2.75, 3.05) is 30.3 Å². The van der Waals surface area contributed by atoms with Gasteiger partial charge in [-0.2, -0.15) is 9.97 Å². The second kappa shape index (κ2) is 9.04. The zero-order chi connectivity index (χ0) is 21.8. The molecule has 5 rings (SSSR count). The predicted octanol–water partition coefficient (Wildman–Crippen LogP) is 3.10. The fraction of sp³-hybridized carbons (Fsp3) is 0.318. The molecule has 10 nitrogen and oxygen atoms in total. The van der Waals surface area contributed by atoms with E-state index in [2.05, 4.69) is 40.5 Å². The molecular weight excluding hydrogens is 406 g/mol. The van der Waals surface area contributed by atoms with E-state index >= 15 is 0 Å². The highest BCUT2D eigenvalue weighted by Gasteiger charge is 2.18. The van der Waals surface area contributed by atoms with Crippen LogP contribution in [-0.4, -0.2) is 60.3 Å². The SMILES string of the molecule is O=C(c1ccc(Nc2nc(NCCc3cnc[nH]3)nc3nc[nH]c23)cc1)N1CCCCC1. The summed E-state index contributed by atoms with van der Waals surface area (Å²) < 4.78 is 0. The number of likely N-dealkylation sites (tertiary alicyclic amines) is 1. The van der Waals surface area contributed by atoms with E-state index in [9.17, 15) is 4.79 Å². The monoisotopic (exact) mass is 431 g/mol. The molecule has 4 aromatic rings. The first-order valence-corrected chi connectivity index (χ1v) is 10.8. The third-order valence-electron chi connectivity index (χ3n) is 5.56. The van der Waals surface area contributed by atoms with Crippen LogP contribution >= 0.6 is 0 Å². The van der Waals surface area contributed by atoms with Crippen molar-refractivity contribution in [3.8, 4) is 0 Å². The highest BCUT2D eigenvalue weighted by atomic mass is 16.2. The number of carbonyl (C=O) groups is 1. The van der Waals surface area contributed by atoms with Crippen LogP contribution in [0.5, 0.6) is 0 Å². The van der Waals surface area contributed by atoms with Crippen LogP contribution in [0.1, 0.15) is 35.3 Å². The zero-order valence-corrected chi connectivity index (χ0v) is 17.6. The number of rotatable bonds is 7. The number of aromatic amines is 2. The number of imidazole rings is 2. The first-order chi connectivity index (χ1) is 15.8. The molecule has 0 atom stereocenters. The van der Waals surface area contributed by atoms with Crippen LogP contribution in [0.25, 0.3) is 11.2 Å². The Hall–Kier alpha value is -3.95. The zero-order valence-electron chi connectivity index (χ0n) is 17.6. The summed E-state index contributed by atoms with van der Waals surface area (Å²) in [6.07, 6.45) is 9.19. The third kappa shape index (κ3) is 4.39. The Labute approximate surface area is 184 Å². The lowest BCUT2D eigenvalue weighted by Gasteiger charge is -2.26. The van der Waals surface area contributed by atoms with Gasteiger partial charge in [0.1, 0.15) is 5.52 Å². The molecule has 1 aliphatic heterocycles. The number of carbonyl (C=O) groups excluding carboxylic acids is 1. The molecule has 0 unspecified atom stereocenters. The predicted molar refractivity (Wildman–Crippen MR) is 122 cm³/mol. The molecule has 3 aromatic heterocycles. The standard InChI is InChI=1S/C22H25N9O/c32-21(31-10-2-1-3-11-31)15-4-6-16(7-5-15)28-20-18-19(27-14-26-18)29-22(30-20)24-9-8-17-12-23-13-25-17/h4-7,12-14H,1-3,8-11H2,(H,23,25)(H3,24,26,27,28,29,30). The van der Waals surface area contributed by atoms with E-state index in [0.29, 0.717) is 29.5 Å². The average Bonchev–Trinajstić information content (AvgIpc) is 3.52. The van der Waals surface area contributed by atoms with E-state index in [1.807, 2.05) is 29.2 Å². The maximum Gasteiger partial charge on any atom is 0.253 e. The fourth-order valence-electron chi connectivity index (χ4n) is 3.85. The molecule has 1 fully saturated rings. The summed E-state index contributed by atoms with van der Waals surface area (Å²) in [5.74, 6) is 1.20. The highest BCUT2D eigenvalue weighted by Crippen LogP contribution is 2.23. The van der Waals surface area contributed by atoms with Gasteiger partial charge in [0.25, 0.3) is 5.91 Å². The van der Waals surface area contributed by atoms with Gasteiger partial charge in [-0.1, -0.05) is 0 Å². The summed E-state index contributed by atoms with van der Waals surface area (Å²) in [4.78, 5) is 38.2. The Balaban J connectivity index is 1.29. The van der Waals surface area contributed by atoms with E-state index in [1.54, 1.807) is 18.9 Å². The number of anilines is 3. The number of benzene rings is 1. The molecule has 4 N–H and O–H groups in total. The largest absolute Gasteiger partial charge is 0.354 e. The van der Waals surface area contributed by atoms with Crippen LogP contribution < -0.4 is 10.6 Å². The Morgan fingerprint density at radius 2 is 1.88 bits per heavy atom. The third-order valence-corrected chi connectivity index (χ3v) is 5.56. The van der Waals surface area contributed by atoms with Gasteiger partial charge in [-0.25, -0.2) is 9.97 Å². The van der Waals surface area contributed by atoms with Gasteiger partial charge < -0.3 is 25.5 Å². The van der Waals surface area contributed by atoms with Crippen molar-refractivity contribution < 1.29 is 4.79 Å². The highest BCUT2D eigenvalue weighted by molar-refractivity contribution is 5.95. The Bertz CT molecular complexity index is 1180. The Morgan fingerprint density at radius 3 is 2.66 bits per heavy atom. The molecule has 4 heterocycles. The van der Waals surface area contributed by atoms with Gasteiger partial charge in [-0.15, -0.1) is 0 Å². The molecule has 0 spiro atoms. The summed E-state index contributed by atoms with van der Waals surface area (Å²) in [5.41, 5.74) is 3.86. The van der Waals surface area contributed by atoms with Crippen LogP contribution in [0.2, 0.25) is 0 Å². The molecule has 0 radical (unpaired) electrons. The number of aromatic nitrogens is 6. The normalized spacial score (nSPS) is 13.9. The number of H-pyrrole nitrogens is 2. The number of hydrogen-bond acceptors (Lipinski definition) is 7. The van der Waals surface area contributed by atoms with Crippen LogP contribution in [0.4, 0.5) is 17.5 Å². The minimum Gasteiger partial charge on any atom is -0.354 e. The number of piperidine rings is 1. The van der Waals surface area contributed by atoms with Crippen molar-refractivity contribution in [3.05, 3.63) is 54.4 Å². The molecule has 1 aliphatic rings. The minimum atomic E-state index is 0.0954. The van der Waals surface area contributed by atoms with E-state index in [0.717, 1.165) is 49.2 Å². The summed E-state index contributed by atoms with van der Waals surface area (Å²) in [6.45, 7) is 2.34. The first-order valence-electron chi connectivity index (χ1n) is 10.8. The summed E-state index contributed by atoms with van der Waals surface area (Å²) in [7, 11) is 0. The van der Waals surface area contributed by atoms with Gasteiger partial charge in [0.15, 0.2) is 11.5 Å². The second-order valence-electron chi connectivity index (χ2n) is 7.81. The number of hydrogen-bond donors (Lipinski definition) is 4. The summed E-state index contributed by atoms with van der Waals surface area (Å²) >= 11 is 0. The summed E-state index contributed by atoms with van der Waals surface area (Å²) in [5, 5.41) is 6.56. The van der Waals surface area contributed by atoms with Gasteiger partial charge in [0.05, 0.1) is 12.7 Å². The van der Waals surface area contributed by atoms with Crippen molar-refractivity contribution in [2.45, 2.75) is 25.7 Å². The van der Waals surface area contributed by atoms with Crippen LogP contribution in [0, 0.1) is 0 Å². The van der Waals surface area contributed by atoms with Crippen molar-refractivity contribution in [3.63, 3.8) is 0 Å². The molecule has 10 heteroatoms. The topological polar surface area (TPSA) is 128 Å². The lowest BCUT2D eigenvalue weighted by atomic mass is 10.1. The number of nitrogens with zero attached hydrogens (tertiary/aromatic N) is 5. The first kappa shape index (κ1) is 20.0. The minimum absolute atomic E-state index is 0.0954. The van der Waals surface area contributed by atoms with Gasteiger partial charge >= 0.3 is 0 Å².